The molecule has 1 atom stereocenters. The molecule has 2 aromatic heterocycles. The van der Waals surface area contributed by atoms with Gasteiger partial charge in [0.15, 0.2) is 5.52 Å². The predicted octanol–water partition coefficient (Wildman–Crippen LogP) is 2.38. The van der Waals surface area contributed by atoms with E-state index in [2.05, 4.69) is 15.0 Å². The van der Waals surface area contributed by atoms with Gasteiger partial charge in [-0.25, -0.2) is 9.97 Å². The quantitative estimate of drug-likeness (QED) is 0.899. The van der Waals surface area contributed by atoms with Crippen molar-refractivity contribution < 1.29 is 9.84 Å². The Hall–Kier alpha value is -1.75. The van der Waals surface area contributed by atoms with Crippen molar-refractivity contribution in [3.05, 3.63) is 23.7 Å². The molecule has 2 aromatic rings. The monoisotopic (exact) mass is 261 g/mol. The molecule has 0 radical (unpaired) electrons. The van der Waals surface area contributed by atoms with Crippen LogP contribution < -0.4 is 4.74 Å². The smallest absolute Gasteiger partial charge is 0.243 e. The number of fused-ring (bicyclic) bond motifs is 1. The van der Waals surface area contributed by atoms with E-state index in [4.69, 9.17) is 4.74 Å². The maximum atomic E-state index is 9.85. The molecule has 102 valence electrons. The van der Waals surface area contributed by atoms with Crippen molar-refractivity contribution in [3.63, 3.8) is 0 Å². The molecular formula is C14H19N3O2. The summed E-state index contributed by atoms with van der Waals surface area (Å²) in [4.78, 5) is 13.2. The normalized spacial score (nSPS) is 13.6. The number of hydrogen-bond donors (Lipinski definition) is 1. The van der Waals surface area contributed by atoms with E-state index in [-0.39, 0.29) is 5.41 Å². The first kappa shape index (κ1) is 13.7. The summed E-state index contributed by atoms with van der Waals surface area (Å²) in [5.41, 5.74) is 1.76. The van der Waals surface area contributed by atoms with Crippen LogP contribution in [0.1, 0.15) is 45.2 Å². The van der Waals surface area contributed by atoms with E-state index in [9.17, 15) is 5.11 Å². The fourth-order valence-corrected chi connectivity index (χ4v) is 1.84. The summed E-state index contributed by atoms with van der Waals surface area (Å²) in [5.74, 6) is 1.11. The Balaban J connectivity index is 2.82. The summed E-state index contributed by atoms with van der Waals surface area (Å²) in [6.07, 6.45) is 1.02. The molecule has 0 spiro atoms. The lowest BCUT2D eigenvalue weighted by atomic mass is 9.95. The fourth-order valence-electron chi connectivity index (χ4n) is 1.84. The molecule has 0 amide bonds. The Morgan fingerprint density at radius 2 is 1.89 bits per heavy atom. The van der Waals surface area contributed by atoms with E-state index >= 15 is 0 Å². The van der Waals surface area contributed by atoms with Crippen LogP contribution in [0.5, 0.6) is 5.88 Å². The fraction of sp³-hybridized carbons (Fsp3) is 0.500. The van der Waals surface area contributed by atoms with Gasteiger partial charge in [0.1, 0.15) is 11.3 Å². The van der Waals surface area contributed by atoms with Crippen molar-refractivity contribution >= 4 is 11.0 Å². The van der Waals surface area contributed by atoms with Gasteiger partial charge >= 0.3 is 0 Å². The van der Waals surface area contributed by atoms with Crippen LogP contribution in [0.4, 0.5) is 0 Å². The number of aromatic nitrogens is 3. The van der Waals surface area contributed by atoms with E-state index in [0.717, 1.165) is 5.56 Å². The lowest BCUT2D eigenvalue weighted by Gasteiger charge is -2.19. The molecule has 19 heavy (non-hydrogen) atoms. The molecule has 0 aliphatic rings. The summed E-state index contributed by atoms with van der Waals surface area (Å²) in [7, 11) is 1.56. The highest BCUT2D eigenvalue weighted by Gasteiger charge is 2.22. The number of hydrogen-bond acceptors (Lipinski definition) is 5. The second-order valence-electron chi connectivity index (χ2n) is 5.58. The van der Waals surface area contributed by atoms with Crippen LogP contribution in [0, 0.1) is 0 Å². The van der Waals surface area contributed by atoms with Crippen molar-refractivity contribution in [3.8, 4) is 5.88 Å². The number of methoxy groups -OCH3 is 1. The van der Waals surface area contributed by atoms with Gasteiger partial charge in [-0.05, 0) is 13.0 Å². The molecule has 2 rings (SSSR count). The average molecular weight is 261 g/mol. The Morgan fingerprint density at radius 1 is 1.21 bits per heavy atom. The van der Waals surface area contributed by atoms with Crippen LogP contribution in [0.25, 0.3) is 11.0 Å². The summed E-state index contributed by atoms with van der Waals surface area (Å²) in [5, 5.41) is 9.85. The van der Waals surface area contributed by atoms with Crippen LogP contribution >= 0.6 is 0 Å². The summed E-state index contributed by atoms with van der Waals surface area (Å²) >= 11 is 0. The maximum Gasteiger partial charge on any atom is 0.243 e. The third-order valence-electron chi connectivity index (χ3n) is 2.90. The molecule has 5 nitrogen and oxygen atoms in total. The average Bonchev–Trinajstić information content (AvgIpc) is 2.35. The number of pyridine rings is 1. The molecule has 1 N–H and O–H groups in total. The highest BCUT2D eigenvalue weighted by atomic mass is 16.5. The zero-order valence-corrected chi connectivity index (χ0v) is 11.9. The first-order valence-electron chi connectivity index (χ1n) is 6.23. The minimum atomic E-state index is -0.613. The Kier molecular flexibility index (Phi) is 3.41. The second-order valence-corrected chi connectivity index (χ2v) is 5.58. The molecule has 0 aliphatic heterocycles. The van der Waals surface area contributed by atoms with Gasteiger partial charge in [0, 0.05) is 17.2 Å². The molecule has 0 aliphatic carbocycles. The standard InChI is InChI=1S/C14H19N3O2/c1-8(18)9-6-7-15-11-10(9)16-13(14(2,3)4)17-12(11)19-5/h6-8,18H,1-5H3. The molecule has 0 bridgehead atoms. The minimum Gasteiger partial charge on any atom is -0.479 e. The molecule has 1 unspecified atom stereocenters. The van der Waals surface area contributed by atoms with Crippen molar-refractivity contribution in [1.82, 2.24) is 15.0 Å². The summed E-state index contributed by atoms with van der Waals surface area (Å²) in [6, 6.07) is 1.77. The summed E-state index contributed by atoms with van der Waals surface area (Å²) < 4.78 is 5.30. The van der Waals surface area contributed by atoms with Crippen LogP contribution in [0.2, 0.25) is 0 Å². The zero-order chi connectivity index (χ0) is 14.2. The Morgan fingerprint density at radius 3 is 2.42 bits per heavy atom. The van der Waals surface area contributed by atoms with E-state index < -0.39 is 6.10 Å². The minimum absolute atomic E-state index is 0.201. The van der Waals surface area contributed by atoms with Crippen LogP contribution in [-0.2, 0) is 5.41 Å². The van der Waals surface area contributed by atoms with Gasteiger partial charge in [-0.3, -0.25) is 0 Å². The molecule has 5 heteroatoms. The van der Waals surface area contributed by atoms with Gasteiger partial charge in [0.05, 0.1) is 13.2 Å². The Labute approximate surface area is 112 Å². The first-order valence-corrected chi connectivity index (χ1v) is 6.23. The van der Waals surface area contributed by atoms with E-state index in [1.165, 1.54) is 0 Å². The van der Waals surface area contributed by atoms with Gasteiger partial charge in [0.25, 0.3) is 0 Å². The number of nitrogens with zero attached hydrogens (tertiary/aromatic N) is 3. The van der Waals surface area contributed by atoms with Gasteiger partial charge in [-0.2, -0.15) is 4.98 Å². The van der Waals surface area contributed by atoms with Gasteiger partial charge in [-0.15, -0.1) is 0 Å². The van der Waals surface area contributed by atoms with Gasteiger partial charge < -0.3 is 9.84 Å². The van der Waals surface area contributed by atoms with Gasteiger partial charge in [0.2, 0.25) is 5.88 Å². The molecule has 0 aromatic carbocycles. The summed E-state index contributed by atoms with van der Waals surface area (Å²) in [6.45, 7) is 7.81. The SMILES string of the molecule is COc1nc(C(C)(C)C)nc2c(C(C)O)ccnc12. The van der Waals surface area contributed by atoms with E-state index in [1.807, 2.05) is 20.8 Å². The van der Waals surface area contributed by atoms with Crippen LogP contribution in [0.15, 0.2) is 12.3 Å². The molecule has 0 saturated heterocycles. The number of rotatable bonds is 2. The number of aliphatic hydroxyl groups excluding tert-OH is 1. The van der Waals surface area contributed by atoms with Crippen LogP contribution in [0.3, 0.4) is 0 Å². The molecular weight excluding hydrogens is 242 g/mol. The van der Waals surface area contributed by atoms with Crippen molar-refractivity contribution in [1.29, 1.82) is 0 Å². The number of ether oxygens (including phenoxy) is 1. The van der Waals surface area contributed by atoms with E-state index in [0.29, 0.717) is 22.7 Å². The third-order valence-corrected chi connectivity index (χ3v) is 2.90. The zero-order valence-electron chi connectivity index (χ0n) is 11.9. The number of aliphatic hydroxyl groups is 1. The highest BCUT2D eigenvalue weighted by Crippen LogP contribution is 2.29. The van der Waals surface area contributed by atoms with E-state index in [1.54, 1.807) is 26.3 Å². The molecule has 0 saturated carbocycles. The third kappa shape index (κ3) is 2.51. The lowest BCUT2D eigenvalue weighted by molar-refractivity contribution is 0.200. The van der Waals surface area contributed by atoms with Crippen LogP contribution in [-0.4, -0.2) is 27.2 Å². The lowest BCUT2D eigenvalue weighted by Crippen LogP contribution is -2.17. The highest BCUT2D eigenvalue weighted by molar-refractivity contribution is 5.82. The largest absolute Gasteiger partial charge is 0.479 e. The topological polar surface area (TPSA) is 68.1 Å². The molecule has 2 heterocycles. The molecule has 0 fully saturated rings. The Bertz CT molecular complexity index is 603. The van der Waals surface area contributed by atoms with Crippen molar-refractivity contribution in [2.24, 2.45) is 0 Å². The van der Waals surface area contributed by atoms with Crippen molar-refractivity contribution in [2.45, 2.75) is 39.2 Å². The second kappa shape index (κ2) is 4.74. The van der Waals surface area contributed by atoms with Gasteiger partial charge in [-0.1, -0.05) is 20.8 Å². The predicted molar refractivity (Wildman–Crippen MR) is 73.2 cm³/mol. The first-order chi connectivity index (χ1) is 8.84. The van der Waals surface area contributed by atoms with Crippen molar-refractivity contribution in [2.75, 3.05) is 7.11 Å². The maximum absolute atomic E-state index is 9.85.